The molecule has 0 aliphatic carbocycles. The molecule has 0 spiro atoms. The van der Waals surface area contributed by atoms with E-state index in [0.29, 0.717) is 0 Å². The first kappa shape index (κ1) is 13.5. The Labute approximate surface area is 100 Å². The molecular weight excluding hydrogens is 242 g/mol. The van der Waals surface area contributed by atoms with Crippen LogP contribution in [0.15, 0.2) is 23.1 Å². The van der Waals surface area contributed by atoms with Crippen LogP contribution in [0.5, 0.6) is 5.75 Å². The summed E-state index contributed by atoms with van der Waals surface area (Å²) in [5.74, 6) is -0.466. The van der Waals surface area contributed by atoms with Crippen molar-refractivity contribution in [2.24, 2.45) is 0 Å². The van der Waals surface area contributed by atoms with Gasteiger partial charge in [-0.25, -0.2) is 8.42 Å². The van der Waals surface area contributed by atoms with Crippen molar-refractivity contribution in [2.75, 3.05) is 11.1 Å². The molecule has 1 aromatic carbocycles. The van der Waals surface area contributed by atoms with Crippen LogP contribution in [0.2, 0.25) is 0 Å². The Kier molecular flexibility index (Phi) is 4.11. The predicted octanol–water partition coefficient (Wildman–Crippen LogP) is 1.53. The maximum Gasteiger partial charge on any atom is 0.224 e. The second-order valence-corrected chi connectivity index (χ2v) is 5.76. The van der Waals surface area contributed by atoms with Crippen LogP contribution in [0.4, 0.5) is 5.69 Å². The van der Waals surface area contributed by atoms with Gasteiger partial charge in [0.1, 0.15) is 5.75 Å². The molecule has 0 aliphatic rings. The molecule has 1 amide bonds. The molecule has 17 heavy (non-hydrogen) atoms. The van der Waals surface area contributed by atoms with E-state index in [9.17, 15) is 18.3 Å². The highest BCUT2D eigenvalue weighted by atomic mass is 32.2. The third-order valence-electron chi connectivity index (χ3n) is 2.30. The lowest BCUT2D eigenvalue weighted by Gasteiger charge is -2.08. The summed E-state index contributed by atoms with van der Waals surface area (Å²) in [5.41, 5.74) is 0.117. The first-order valence-corrected chi connectivity index (χ1v) is 6.91. The van der Waals surface area contributed by atoms with Crippen molar-refractivity contribution >= 4 is 21.4 Å². The monoisotopic (exact) mass is 257 g/mol. The largest absolute Gasteiger partial charge is 0.506 e. The van der Waals surface area contributed by atoms with Gasteiger partial charge in [-0.3, -0.25) is 4.79 Å². The number of aromatic hydroxyl groups is 1. The minimum atomic E-state index is -3.34. The van der Waals surface area contributed by atoms with Crippen molar-refractivity contribution in [2.45, 2.75) is 25.2 Å². The number of phenolic OH excluding ortho intramolecular Hbond substituents is 1. The smallest absolute Gasteiger partial charge is 0.224 e. The summed E-state index contributed by atoms with van der Waals surface area (Å²) in [5, 5.41) is 12.0. The number of nitrogens with one attached hydrogen (secondary N) is 1. The molecule has 0 radical (unpaired) electrons. The molecule has 94 valence electrons. The van der Waals surface area contributed by atoms with Crippen LogP contribution in [0.1, 0.15) is 20.3 Å². The lowest BCUT2D eigenvalue weighted by Crippen LogP contribution is -2.11. The maximum atomic E-state index is 11.6. The van der Waals surface area contributed by atoms with Crippen molar-refractivity contribution in [3.63, 3.8) is 0 Å². The van der Waals surface area contributed by atoms with E-state index in [1.165, 1.54) is 25.1 Å². The van der Waals surface area contributed by atoms with Crippen LogP contribution >= 0.6 is 0 Å². The molecule has 0 atom stereocenters. The zero-order chi connectivity index (χ0) is 13.1. The standard InChI is InChI=1S/C11H15NO4S/c1-3-11(14)12-9-7-8(5-6-10(9)13)17(15,16)4-2/h5-7,13H,3-4H2,1-2H3,(H,12,14). The van der Waals surface area contributed by atoms with Gasteiger partial charge in [0, 0.05) is 6.42 Å². The molecule has 0 saturated heterocycles. The SMILES string of the molecule is CCC(=O)Nc1cc(S(=O)(=O)CC)ccc1O. The van der Waals surface area contributed by atoms with Gasteiger partial charge in [-0.1, -0.05) is 13.8 Å². The van der Waals surface area contributed by atoms with E-state index in [1.807, 2.05) is 0 Å². The zero-order valence-corrected chi connectivity index (χ0v) is 10.5. The van der Waals surface area contributed by atoms with Gasteiger partial charge in [0.15, 0.2) is 9.84 Å². The van der Waals surface area contributed by atoms with Crippen LogP contribution in [-0.2, 0) is 14.6 Å². The Morgan fingerprint density at radius 2 is 2.00 bits per heavy atom. The van der Waals surface area contributed by atoms with E-state index < -0.39 is 9.84 Å². The average Bonchev–Trinajstić information content (AvgIpc) is 2.31. The minimum Gasteiger partial charge on any atom is -0.506 e. The lowest BCUT2D eigenvalue weighted by molar-refractivity contribution is -0.115. The van der Waals surface area contributed by atoms with Crippen LogP contribution < -0.4 is 5.32 Å². The number of phenols is 1. The maximum absolute atomic E-state index is 11.6. The van der Waals surface area contributed by atoms with E-state index in [-0.39, 0.29) is 34.4 Å². The highest BCUT2D eigenvalue weighted by Gasteiger charge is 2.14. The van der Waals surface area contributed by atoms with Crippen LogP contribution in [0.25, 0.3) is 0 Å². The van der Waals surface area contributed by atoms with Gasteiger partial charge in [-0.2, -0.15) is 0 Å². The molecule has 0 unspecified atom stereocenters. The molecule has 5 nitrogen and oxygen atoms in total. The van der Waals surface area contributed by atoms with Gasteiger partial charge >= 0.3 is 0 Å². The molecule has 2 N–H and O–H groups in total. The number of anilines is 1. The summed E-state index contributed by atoms with van der Waals surface area (Å²) < 4.78 is 23.3. The lowest BCUT2D eigenvalue weighted by atomic mass is 10.3. The summed E-state index contributed by atoms with van der Waals surface area (Å²) in [7, 11) is -3.34. The number of hydrogen-bond donors (Lipinski definition) is 2. The third-order valence-corrected chi connectivity index (χ3v) is 4.03. The molecule has 0 aliphatic heterocycles. The van der Waals surface area contributed by atoms with Gasteiger partial charge in [0.2, 0.25) is 5.91 Å². The number of benzene rings is 1. The highest BCUT2D eigenvalue weighted by molar-refractivity contribution is 7.91. The minimum absolute atomic E-state index is 0.0288. The molecule has 1 aromatic rings. The van der Waals surface area contributed by atoms with Crippen LogP contribution in [0.3, 0.4) is 0 Å². The molecule has 0 aromatic heterocycles. The predicted molar refractivity (Wildman–Crippen MR) is 64.8 cm³/mol. The Bertz CT molecular complexity index is 522. The van der Waals surface area contributed by atoms with E-state index in [0.717, 1.165) is 0 Å². The van der Waals surface area contributed by atoms with Crippen molar-refractivity contribution in [3.8, 4) is 5.75 Å². The molecule has 0 bridgehead atoms. The number of hydrogen-bond acceptors (Lipinski definition) is 4. The summed E-state index contributed by atoms with van der Waals surface area (Å²) in [4.78, 5) is 11.3. The molecule has 0 fully saturated rings. The van der Waals surface area contributed by atoms with Gasteiger partial charge in [-0.05, 0) is 18.2 Å². The summed E-state index contributed by atoms with van der Waals surface area (Å²) >= 11 is 0. The fraction of sp³-hybridized carbons (Fsp3) is 0.364. The Hall–Kier alpha value is -1.56. The van der Waals surface area contributed by atoms with Gasteiger partial charge < -0.3 is 10.4 Å². The molecule has 0 heterocycles. The fourth-order valence-corrected chi connectivity index (χ4v) is 2.12. The number of amides is 1. The topological polar surface area (TPSA) is 83.5 Å². The average molecular weight is 257 g/mol. The Morgan fingerprint density at radius 3 is 2.53 bits per heavy atom. The van der Waals surface area contributed by atoms with Gasteiger partial charge in [0.25, 0.3) is 0 Å². The van der Waals surface area contributed by atoms with E-state index in [4.69, 9.17) is 0 Å². The molecule has 1 rings (SSSR count). The second-order valence-electron chi connectivity index (χ2n) is 3.48. The second kappa shape index (κ2) is 5.18. The number of rotatable bonds is 4. The zero-order valence-electron chi connectivity index (χ0n) is 9.73. The van der Waals surface area contributed by atoms with Gasteiger partial charge in [-0.15, -0.1) is 0 Å². The van der Waals surface area contributed by atoms with Crippen molar-refractivity contribution in [1.29, 1.82) is 0 Å². The number of sulfone groups is 1. The Morgan fingerprint density at radius 1 is 1.35 bits per heavy atom. The number of carbonyl (C=O) groups is 1. The van der Waals surface area contributed by atoms with Crippen LogP contribution in [0, 0.1) is 0 Å². The van der Waals surface area contributed by atoms with E-state index in [1.54, 1.807) is 6.92 Å². The van der Waals surface area contributed by atoms with Crippen molar-refractivity contribution < 1.29 is 18.3 Å². The first-order valence-electron chi connectivity index (χ1n) is 5.26. The van der Waals surface area contributed by atoms with Crippen LogP contribution in [-0.4, -0.2) is 25.2 Å². The highest BCUT2D eigenvalue weighted by Crippen LogP contribution is 2.26. The molecular formula is C11H15NO4S. The fourth-order valence-electron chi connectivity index (χ4n) is 1.21. The van der Waals surface area contributed by atoms with E-state index >= 15 is 0 Å². The summed E-state index contributed by atoms with van der Waals surface area (Å²) in [6.07, 6.45) is 0.254. The van der Waals surface area contributed by atoms with Crippen molar-refractivity contribution in [1.82, 2.24) is 0 Å². The third kappa shape index (κ3) is 3.20. The normalized spacial score (nSPS) is 11.2. The number of carbonyl (C=O) groups excluding carboxylic acids is 1. The molecule has 0 saturated carbocycles. The van der Waals surface area contributed by atoms with E-state index in [2.05, 4.69) is 5.32 Å². The first-order chi connectivity index (χ1) is 7.90. The summed E-state index contributed by atoms with van der Waals surface area (Å²) in [6.45, 7) is 3.20. The van der Waals surface area contributed by atoms with Crippen molar-refractivity contribution in [3.05, 3.63) is 18.2 Å². The molecule has 6 heteroatoms. The quantitative estimate of drug-likeness (QED) is 0.801. The summed E-state index contributed by atoms with van der Waals surface area (Å²) in [6, 6.07) is 3.84. The van der Waals surface area contributed by atoms with Gasteiger partial charge in [0.05, 0.1) is 16.3 Å². The Balaban J connectivity index is 3.15.